The molecule has 0 aromatic heterocycles. The fraction of sp³-hybridized carbons (Fsp3) is 0.200. The predicted octanol–water partition coefficient (Wildman–Crippen LogP) is 3.99. The summed E-state index contributed by atoms with van der Waals surface area (Å²) in [5, 5.41) is 11.8. The van der Waals surface area contributed by atoms with E-state index >= 15 is 0 Å². The molecule has 1 aliphatic carbocycles. The molecule has 0 heterocycles. The summed E-state index contributed by atoms with van der Waals surface area (Å²) in [4.78, 5) is 0. The van der Waals surface area contributed by atoms with E-state index in [1.54, 1.807) is 6.07 Å². The fourth-order valence-corrected chi connectivity index (χ4v) is 2.53. The molecule has 1 heteroatoms. The first-order valence-corrected chi connectivity index (χ1v) is 5.73. The summed E-state index contributed by atoms with van der Waals surface area (Å²) >= 11 is 0. The standard InChI is InChI=1S/C15H13O/c16-15-10-4-8-13-12-7-2-1-5-11(12)6-3-9-14(13)15/h1-2,4-5,7-8,10H,3,6,9H2. The monoisotopic (exact) mass is 209 g/mol. The van der Waals surface area contributed by atoms with Crippen molar-refractivity contribution in [2.24, 2.45) is 0 Å². The van der Waals surface area contributed by atoms with E-state index in [1.807, 2.05) is 12.1 Å². The van der Waals surface area contributed by atoms with E-state index in [0.717, 1.165) is 30.4 Å². The molecule has 0 N–H and O–H groups in total. The molecule has 2 aromatic carbocycles. The van der Waals surface area contributed by atoms with Crippen LogP contribution in [0, 0.1) is 0 Å². The highest BCUT2D eigenvalue weighted by molar-refractivity contribution is 5.73. The molecule has 1 radical (unpaired) electrons. The van der Waals surface area contributed by atoms with E-state index in [0.29, 0.717) is 0 Å². The summed E-state index contributed by atoms with van der Waals surface area (Å²) < 4.78 is 0. The van der Waals surface area contributed by atoms with Crippen molar-refractivity contribution in [3.63, 3.8) is 0 Å². The zero-order valence-corrected chi connectivity index (χ0v) is 9.07. The third-order valence-corrected chi connectivity index (χ3v) is 3.31. The molecule has 0 fully saturated rings. The molecule has 0 amide bonds. The molecule has 2 aromatic rings. The van der Waals surface area contributed by atoms with Crippen molar-refractivity contribution < 1.29 is 5.11 Å². The molecule has 0 atom stereocenters. The van der Waals surface area contributed by atoms with E-state index in [4.69, 9.17) is 0 Å². The van der Waals surface area contributed by atoms with Crippen LogP contribution in [0.25, 0.3) is 11.1 Å². The van der Waals surface area contributed by atoms with Crippen molar-refractivity contribution in [1.29, 1.82) is 0 Å². The topological polar surface area (TPSA) is 19.9 Å². The van der Waals surface area contributed by atoms with E-state index < -0.39 is 0 Å². The van der Waals surface area contributed by atoms with Gasteiger partial charge >= 0.3 is 0 Å². The van der Waals surface area contributed by atoms with Crippen LogP contribution in [-0.2, 0) is 17.9 Å². The molecule has 1 aliphatic rings. The summed E-state index contributed by atoms with van der Waals surface area (Å²) in [6.07, 6.45) is 3.05. The zero-order chi connectivity index (χ0) is 11.0. The highest BCUT2D eigenvalue weighted by atomic mass is 16.3. The number of fused-ring (bicyclic) bond motifs is 3. The smallest absolute Gasteiger partial charge is 0.182 e. The molecule has 79 valence electrons. The van der Waals surface area contributed by atoms with Gasteiger partial charge in [-0.05, 0) is 42.0 Å². The molecule has 0 saturated carbocycles. The van der Waals surface area contributed by atoms with E-state index in [9.17, 15) is 5.11 Å². The Morgan fingerprint density at radius 2 is 1.62 bits per heavy atom. The molecular weight excluding hydrogens is 196 g/mol. The molecule has 1 nitrogen and oxygen atoms in total. The van der Waals surface area contributed by atoms with Gasteiger partial charge in [-0.15, -0.1) is 0 Å². The average molecular weight is 209 g/mol. The molecule has 0 spiro atoms. The van der Waals surface area contributed by atoms with Gasteiger partial charge in [0, 0.05) is 5.56 Å². The van der Waals surface area contributed by atoms with Crippen LogP contribution in [-0.4, -0.2) is 0 Å². The van der Waals surface area contributed by atoms with Crippen LogP contribution in [0.5, 0.6) is 5.75 Å². The molecular formula is C15H13O. The molecule has 0 saturated heterocycles. The Morgan fingerprint density at radius 1 is 0.812 bits per heavy atom. The Hall–Kier alpha value is -1.76. The number of aryl methyl sites for hydroxylation is 1. The van der Waals surface area contributed by atoms with E-state index in [2.05, 4.69) is 24.3 Å². The largest absolute Gasteiger partial charge is 0.290 e. The second kappa shape index (κ2) is 3.67. The highest BCUT2D eigenvalue weighted by Gasteiger charge is 2.16. The van der Waals surface area contributed by atoms with Gasteiger partial charge in [-0.25, -0.2) is 0 Å². The minimum Gasteiger partial charge on any atom is -0.290 e. The van der Waals surface area contributed by atoms with Crippen LogP contribution in [0.4, 0.5) is 0 Å². The predicted molar refractivity (Wildman–Crippen MR) is 64.0 cm³/mol. The first-order chi connectivity index (χ1) is 7.86. The van der Waals surface area contributed by atoms with Crippen molar-refractivity contribution >= 4 is 0 Å². The van der Waals surface area contributed by atoms with Crippen LogP contribution in [0.1, 0.15) is 17.5 Å². The van der Waals surface area contributed by atoms with Crippen LogP contribution in [0.15, 0.2) is 42.5 Å². The summed E-state index contributed by atoms with van der Waals surface area (Å²) in [7, 11) is 0. The van der Waals surface area contributed by atoms with Gasteiger partial charge in [0.05, 0.1) is 0 Å². The maximum absolute atomic E-state index is 11.8. The molecule has 16 heavy (non-hydrogen) atoms. The molecule has 0 bridgehead atoms. The first kappa shape index (κ1) is 9.46. The van der Waals surface area contributed by atoms with E-state index in [-0.39, 0.29) is 5.75 Å². The second-order valence-electron chi connectivity index (χ2n) is 4.29. The lowest BCUT2D eigenvalue weighted by Crippen LogP contribution is -1.87. The van der Waals surface area contributed by atoms with Crippen LogP contribution < -0.4 is 0 Å². The van der Waals surface area contributed by atoms with Gasteiger partial charge in [0.2, 0.25) is 0 Å². The van der Waals surface area contributed by atoms with Gasteiger partial charge in [0.1, 0.15) is 0 Å². The Labute approximate surface area is 95.4 Å². The van der Waals surface area contributed by atoms with Gasteiger partial charge in [-0.3, -0.25) is 5.11 Å². The number of hydrogen-bond acceptors (Lipinski definition) is 0. The number of benzene rings is 2. The quantitative estimate of drug-likeness (QED) is 0.625. The van der Waals surface area contributed by atoms with Crippen molar-refractivity contribution in [1.82, 2.24) is 0 Å². The fourth-order valence-electron chi connectivity index (χ4n) is 2.53. The Balaban J connectivity index is 2.30. The Kier molecular flexibility index (Phi) is 2.17. The normalized spacial score (nSPS) is 13.8. The van der Waals surface area contributed by atoms with Crippen LogP contribution in [0.3, 0.4) is 0 Å². The average Bonchev–Trinajstić information content (AvgIpc) is 2.50. The highest BCUT2D eigenvalue weighted by Crippen LogP contribution is 2.36. The second-order valence-corrected chi connectivity index (χ2v) is 4.29. The lowest BCUT2D eigenvalue weighted by Gasteiger charge is -2.08. The third-order valence-electron chi connectivity index (χ3n) is 3.31. The summed E-state index contributed by atoms with van der Waals surface area (Å²) in [6.45, 7) is 0. The number of hydrogen-bond donors (Lipinski definition) is 0. The third kappa shape index (κ3) is 1.40. The van der Waals surface area contributed by atoms with Gasteiger partial charge in [0.15, 0.2) is 5.75 Å². The van der Waals surface area contributed by atoms with Crippen molar-refractivity contribution in [2.75, 3.05) is 0 Å². The minimum atomic E-state index is 0.189. The van der Waals surface area contributed by atoms with E-state index in [1.165, 1.54) is 11.1 Å². The SMILES string of the molecule is [O]c1cccc2c1CCCc1ccccc1-2. The molecule has 0 unspecified atom stereocenters. The Bertz CT molecular complexity index is 529. The molecule has 0 aliphatic heterocycles. The summed E-state index contributed by atoms with van der Waals surface area (Å²) in [6, 6.07) is 14.0. The maximum atomic E-state index is 11.8. The summed E-state index contributed by atoms with van der Waals surface area (Å²) in [5.41, 5.74) is 4.74. The summed E-state index contributed by atoms with van der Waals surface area (Å²) in [5.74, 6) is 0.189. The van der Waals surface area contributed by atoms with Crippen LogP contribution >= 0.6 is 0 Å². The van der Waals surface area contributed by atoms with Crippen LogP contribution in [0.2, 0.25) is 0 Å². The zero-order valence-electron chi connectivity index (χ0n) is 9.07. The minimum absolute atomic E-state index is 0.189. The van der Waals surface area contributed by atoms with Gasteiger partial charge in [-0.1, -0.05) is 36.4 Å². The van der Waals surface area contributed by atoms with Crippen molar-refractivity contribution in [3.8, 4) is 16.9 Å². The van der Waals surface area contributed by atoms with Crippen molar-refractivity contribution in [2.45, 2.75) is 19.3 Å². The van der Waals surface area contributed by atoms with Crippen molar-refractivity contribution in [3.05, 3.63) is 53.6 Å². The maximum Gasteiger partial charge on any atom is 0.182 e. The van der Waals surface area contributed by atoms with Gasteiger partial charge < -0.3 is 0 Å². The first-order valence-electron chi connectivity index (χ1n) is 5.73. The lowest BCUT2D eigenvalue weighted by atomic mass is 9.96. The van der Waals surface area contributed by atoms with Gasteiger partial charge in [-0.2, -0.15) is 0 Å². The molecule has 3 rings (SSSR count). The number of rotatable bonds is 0. The lowest BCUT2D eigenvalue weighted by molar-refractivity contribution is 0.350. The van der Waals surface area contributed by atoms with Gasteiger partial charge in [0.25, 0.3) is 0 Å². The Morgan fingerprint density at radius 3 is 2.56 bits per heavy atom.